The highest BCUT2D eigenvalue weighted by molar-refractivity contribution is 5.99. The van der Waals surface area contributed by atoms with Crippen LogP contribution in [0.25, 0.3) is 0 Å². The lowest BCUT2D eigenvalue weighted by Gasteiger charge is -2.24. The molecule has 0 aliphatic carbocycles. The summed E-state index contributed by atoms with van der Waals surface area (Å²) in [5, 5.41) is 15.4. The lowest BCUT2D eigenvalue weighted by Crippen LogP contribution is -2.52. The van der Waals surface area contributed by atoms with Gasteiger partial charge in [-0.2, -0.15) is 0 Å². The van der Waals surface area contributed by atoms with Crippen LogP contribution in [0, 0.1) is 26.7 Å². The Hall–Kier alpha value is -1.92. The van der Waals surface area contributed by atoms with Crippen molar-refractivity contribution in [3.05, 3.63) is 34.4 Å². The maximum atomic E-state index is 12.8. The molecule has 2 amide bonds. The Morgan fingerprint density at radius 3 is 2.35 bits per heavy atom. The maximum absolute atomic E-state index is 12.8. The van der Waals surface area contributed by atoms with E-state index in [2.05, 4.69) is 10.6 Å². The molecule has 1 aliphatic rings. The summed E-state index contributed by atoms with van der Waals surface area (Å²) in [6, 6.07) is 2.84. The van der Waals surface area contributed by atoms with Gasteiger partial charge in [0.2, 0.25) is 5.91 Å². The molecule has 0 saturated carbocycles. The second-order valence-corrected chi connectivity index (χ2v) is 7.59. The van der Waals surface area contributed by atoms with Crippen LogP contribution < -0.4 is 10.6 Å². The zero-order valence-corrected chi connectivity index (χ0v) is 16.3. The van der Waals surface area contributed by atoms with E-state index in [-0.39, 0.29) is 17.7 Å². The standard InChI is InChI=1S/C20H30N2O4/c1-11(2)8-16(18(23)21-15-6-7-26-20(15)25)22-19(24)17-13(4)9-12(3)10-14(17)5/h9-11,15-16,20,25H,6-8H2,1-5H3,(H,21,23)(H,22,24)/t15-,16-,20?/m0/s1. The number of rotatable bonds is 6. The molecule has 2 rings (SSSR count). The molecule has 6 nitrogen and oxygen atoms in total. The molecular formula is C20H30N2O4. The molecule has 1 aromatic rings. The van der Waals surface area contributed by atoms with Crippen LogP contribution >= 0.6 is 0 Å². The lowest BCUT2D eigenvalue weighted by molar-refractivity contribution is -0.127. The minimum Gasteiger partial charge on any atom is -0.366 e. The Kier molecular flexibility index (Phi) is 6.78. The van der Waals surface area contributed by atoms with Gasteiger partial charge >= 0.3 is 0 Å². The average molecular weight is 362 g/mol. The third kappa shape index (κ3) is 5.05. The monoisotopic (exact) mass is 362 g/mol. The van der Waals surface area contributed by atoms with Crippen molar-refractivity contribution in [2.45, 2.75) is 65.8 Å². The van der Waals surface area contributed by atoms with Gasteiger partial charge in [0.15, 0.2) is 6.29 Å². The van der Waals surface area contributed by atoms with E-state index in [1.807, 2.05) is 46.8 Å². The first-order chi connectivity index (χ1) is 12.2. The van der Waals surface area contributed by atoms with Gasteiger partial charge in [-0.05, 0) is 50.7 Å². The molecule has 144 valence electrons. The van der Waals surface area contributed by atoms with Gasteiger partial charge in [0, 0.05) is 5.56 Å². The van der Waals surface area contributed by atoms with Gasteiger partial charge in [-0.1, -0.05) is 31.5 Å². The highest BCUT2D eigenvalue weighted by Gasteiger charge is 2.31. The summed E-state index contributed by atoms with van der Waals surface area (Å²) < 4.78 is 5.07. The van der Waals surface area contributed by atoms with Crippen LogP contribution in [-0.4, -0.2) is 41.9 Å². The number of hydrogen-bond donors (Lipinski definition) is 3. The smallest absolute Gasteiger partial charge is 0.252 e. The minimum absolute atomic E-state index is 0.232. The third-order valence-electron chi connectivity index (χ3n) is 4.62. The number of nitrogens with one attached hydrogen (secondary N) is 2. The number of carbonyl (C=O) groups is 2. The van der Waals surface area contributed by atoms with Crippen molar-refractivity contribution in [2.24, 2.45) is 5.92 Å². The number of carbonyl (C=O) groups excluding carboxylic acids is 2. The van der Waals surface area contributed by atoms with E-state index in [0.29, 0.717) is 25.0 Å². The fourth-order valence-corrected chi connectivity index (χ4v) is 3.47. The van der Waals surface area contributed by atoms with Crippen molar-refractivity contribution in [1.82, 2.24) is 10.6 Å². The van der Waals surface area contributed by atoms with Crippen molar-refractivity contribution in [3.63, 3.8) is 0 Å². The fraction of sp³-hybridized carbons (Fsp3) is 0.600. The van der Waals surface area contributed by atoms with Gasteiger partial charge in [0.25, 0.3) is 5.91 Å². The maximum Gasteiger partial charge on any atom is 0.252 e. The molecule has 1 fully saturated rings. The molecule has 1 unspecified atom stereocenters. The van der Waals surface area contributed by atoms with Gasteiger partial charge in [-0.3, -0.25) is 9.59 Å². The van der Waals surface area contributed by atoms with Crippen molar-refractivity contribution in [3.8, 4) is 0 Å². The van der Waals surface area contributed by atoms with Crippen LogP contribution in [0.15, 0.2) is 12.1 Å². The Morgan fingerprint density at radius 1 is 1.23 bits per heavy atom. The van der Waals surface area contributed by atoms with Crippen LogP contribution in [0.5, 0.6) is 0 Å². The Labute approximate surface area is 155 Å². The first-order valence-corrected chi connectivity index (χ1v) is 9.17. The molecule has 0 aromatic heterocycles. The van der Waals surface area contributed by atoms with Gasteiger partial charge in [0.1, 0.15) is 6.04 Å². The number of amides is 2. The summed E-state index contributed by atoms with van der Waals surface area (Å²) in [7, 11) is 0. The highest BCUT2D eigenvalue weighted by atomic mass is 16.6. The van der Waals surface area contributed by atoms with E-state index in [0.717, 1.165) is 16.7 Å². The number of aliphatic hydroxyl groups excluding tert-OH is 1. The minimum atomic E-state index is -0.990. The number of ether oxygens (including phenoxy) is 1. The highest BCUT2D eigenvalue weighted by Crippen LogP contribution is 2.18. The SMILES string of the molecule is Cc1cc(C)c(C(=O)N[C@@H](CC(C)C)C(=O)N[C@H]2CCOC2O)c(C)c1. The van der Waals surface area contributed by atoms with Crippen LogP contribution in [0.2, 0.25) is 0 Å². The van der Waals surface area contributed by atoms with Crippen LogP contribution in [0.1, 0.15) is 53.7 Å². The second kappa shape index (κ2) is 8.64. The molecule has 0 bridgehead atoms. The quantitative estimate of drug-likeness (QED) is 0.722. The van der Waals surface area contributed by atoms with E-state index >= 15 is 0 Å². The fourth-order valence-electron chi connectivity index (χ4n) is 3.47. The molecular weight excluding hydrogens is 332 g/mol. The Bertz CT molecular complexity index is 649. The van der Waals surface area contributed by atoms with Gasteiger partial charge < -0.3 is 20.5 Å². The van der Waals surface area contributed by atoms with Crippen molar-refractivity contribution >= 4 is 11.8 Å². The number of hydrogen-bond acceptors (Lipinski definition) is 4. The molecule has 0 spiro atoms. The molecule has 1 heterocycles. The second-order valence-electron chi connectivity index (χ2n) is 7.59. The normalized spacial score (nSPS) is 20.9. The third-order valence-corrected chi connectivity index (χ3v) is 4.62. The van der Waals surface area contributed by atoms with E-state index in [9.17, 15) is 14.7 Å². The zero-order valence-electron chi connectivity index (χ0n) is 16.3. The molecule has 1 saturated heterocycles. The topological polar surface area (TPSA) is 87.7 Å². The Balaban J connectivity index is 2.14. The summed E-state index contributed by atoms with van der Waals surface area (Å²) in [6.07, 6.45) is 0.0901. The van der Waals surface area contributed by atoms with Crippen molar-refractivity contribution in [1.29, 1.82) is 0 Å². The molecule has 1 aromatic carbocycles. The van der Waals surface area contributed by atoms with E-state index in [4.69, 9.17) is 4.74 Å². The van der Waals surface area contributed by atoms with Gasteiger partial charge in [-0.15, -0.1) is 0 Å². The molecule has 6 heteroatoms. The van der Waals surface area contributed by atoms with Crippen LogP contribution in [-0.2, 0) is 9.53 Å². The first-order valence-electron chi connectivity index (χ1n) is 9.17. The number of benzene rings is 1. The van der Waals surface area contributed by atoms with E-state index in [1.165, 1.54) is 0 Å². The number of aliphatic hydroxyl groups is 1. The molecule has 26 heavy (non-hydrogen) atoms. The summed E-state index contributed by atoms with van der Waals surface area (Å²) in [4.78, 5) is 25.5. The van der Waals surface area contributed by atoms with Gasteiger partial charge in [-0.25, -0.2) is 0 Å². The average Bonchev–Trinajstić information content (AvgIpc) is 2.90. The first kappa shape index (κ1) is 20.4. The van der Waals surface area contributed by atoms with E-state index in [1.54, 1.807) is 0 Å². The van der Waals surface area contributed by atoms with Crippen LogP contribution in [0.4, 0.5) is 0 Å². The summed E-state index contributed by atoms with van der Waals surface area (Å²) >= 11 is 0. The zero-order chi connectivity index (χ0) is 19.4. The van der Waals surface area contributed by atoms with E-state index < -0.39 is 18.4 Å². The van der Waals surface area contributed by atoms with Crippen molar-refractivity contribution in [2.75, 3.05) is 6.61 Å². The summed E-state index contributed by atoms with van der Waals surface area (Å²) in [5.74, 6) is -0.302. The van der Waals surface area contributed by atoms with Gasteiger partial charge in [0.05, 0.1) is 12.6 Å². The molecule has 0 radical (unpaired) electrons. The Morgan fingerprint density at radius 2 is 1.85 bits per heavy atom. The molecule has 3 atom stereocenters. The van der Waals surface area contributed by atoms with Crippen LogP contribution in [0.3, 0.4) is 0 Å². The molecule has 1 aliphatic heterocycles. The predicted octanol–water partition coefficient (Wildman–Crippen LogP) is 1.98. The predicted molar refractivity (Wildman–Crippen MR) is 99.9 cm³/mol. The summed E-state index contributed by atoms with van der Waals surface area (Å²) in [6.45, 7) is 10.2. The summed E-state index contributed by atoms with van der Waals surface area (Å²) in [5.41, 5.74) is 3.50. The number of aryl methyl sites for hydroxylation is 3. The molecule has 3 N–H and O–H groups in total. The van der Waals surface area contributed by atoms with Crippen molar-refractivity contribution < 1.29 is 19.4 Å². The lowest BCUT2D eigenvalue weighted by atomic mass is 9.97. The largest absolute Gasteiger partial charge is 0.366 e.